The largest absolute Gasteiger partial charge is 0.477 e. The number of amides is 1. The quantitative estimate of drug-likeness (QED) is 0.391. The molecule has 0 bridgehead atoms. The van der Waals surface area contributed by atoms with Crippen molar-refractivity contribution in [3.8, 4) is 5.88 Å². The van der Waals surface area contributed by atoms with Crippen LogP contribution in [0.2, 0.25) is 0 Å². The Bertz CT molecular complexity index is 1050. The number of unbranched alkanes of at least 4 members (excludes halogenated alkanes) is 1. The molecule has 2 rings (SSSR count). The Hall–Kier alpha value is -2.82. The van der Waals surface area contributed by atoms with E-state index in [0.29, 0.717) is 28.8 Å². The number of nitrogens with one attached hydrogen (secondary N) is 1. The van der Waals surface area contributed by atoms with E-state index in [2.05, 4.69) is 10.3 Å². The fraction of sp³-hybridized carbons (Fsp3) is 0.455. The SMILES string of the molecule is CCCCOc1nc(C(F)(F)F)ccc1CNC(=O)C(C)c1ccc(N(C)[SH](=O)=O)c(C)c1. The summed E-state index contributed by atoms with van der Waals surface area (Å²) in [5.74, 6) is -1.07. The Kier molecular flexibility index (Phi) is 9.09. The summed E-state index contributed by atoms with van der Waals surface area (Å²) >= 11 is 0. The zero-order valence-electron chi connectivity index (χ0n) is 18.9. The molecule has 1 amide bonds. The Morgan fingerprint density at radius 2 is 1.94 bits per heavy atom. The second-order valence-electron chi connectivity index (χ2n) is 7.61. The molecule has 33 heavy (non-hydrogen) atoms. The number of alkyl halides is 3. The summed E-state index contributed by atoms with van der Waals surface area (Å²) in [5, 5.41) is 2.71. The van der Waals surface area contributed by atoms with E-state index in [0.717, 1.165) is 16.8 Å². The summed E-state index contributed by atoms with van der Waals surface area (Å²) in [6, 6.07) is 7.13. The molecule has 1 N–H and O–H groups in total. The number of benzene rings is 1. The fourth-order valence-corrected chi connectivity index (χ4v) is 3.49. The van der Waals surface area contributed by atoms with Gasteiger partial charge >= 0.3 is 6.18 Å². The molecular formula is C22H28F3N3O4S. The number of ether oxygens (including phenoxy) is 1. The molecule has 1 unspecified atom stereocenters. The molecule has 0 aliphatic carbocycles. The predicted octanol–water partition coefficient (Wildman–Crippen LogP) is 3.97. The number of pyridine rings is 1. The minimum absolute atomic E-state index is 0.0494. The van der Waals surface area contributed by atoms with Crippen LogP contribution in [0.1, 0.15) is 55.0 Å². The van der Waals surface area contributed by atoms with E-state index in [1.807, 2.05) is 6.92 Å². The van der Waals surface area contributed by atoms with E-state index in [1.54, 1.807) is 32.0 Å². The zero-order chi connectivity index (χ0) is 24.8. The van der Waals surface area contributed by atoms with Gasteiger partial charge in [0.1, 0.15) is 5.69 Å². The monoisotopic (exact) mass is 487 g/mol. The van der Waals surface area contributed by atoms with Gasteiger partial charge in [0.15, 0.2) is 0 Å². The molecule has 0 radical (unpaired) electrons. The molecule has 7 nitrogen and oxygen atoms in total. The normalized spacial score (nSPS) is 12.5. The molecule has 1 heterocycles. The Morgan fingerprint density at radius 1 is 1.24 bits per heavy atom. The van der Waals surface area contributed by atoms with Crippen LogP contribution < -0.4 is 14.4 Å². The zero-order valence-corrected chi connectivity index (χ0v) is 19.8. The summed E-state index contributed by atoms with van der Waals surface area (Å²) in [6.07, 6.45) is -3.13. The summed E-state index contributed by atoms with van der Waals surface area (Å²) in [4.78, 5) is 16.3. The fourth-order valence-electron chi connectivity index (χ4n) is 3.09. The van der Waals surface area contributed by atoms with Crippen LogP contribution in [-0.2, 0) is 28.4 Å². The lowest BCUT2D eigenvalue weighted by molar-refractivity contribution is -0.141. The average molecular weight is 488 g/mol. The number of aromatic nitrogens is 1. The van der Waals surface area contributed by atoms with Gasteiger partial charge in [-0.25, -0.2) is 13.4 Å². The van der Waals surface area contributed by atoms with Crippen LogP contribution >= 0.6 is 0 Å². The van der Waals surface area contributed by atoms with Crippen molar-refractivity contribution in [2.24, 2.45) is 0 Å². The lowest BCUT2D eigenvalue weighted by Crippen LogP contribution is -2.28. The summed E-state index contributed by atoms with van der Waals surface area (Å²) in [7, 11) is -1.34. The van der Waals surface area contributed by atoms with Crippen molar-refractivity contribution in [1.29, 1.82) is 0 Å². The van der Waals surface area contributed by atoms with Crippen LogP contribution in [0.25, 0.3) is 0 Å². The third-order valence-electron chi connectivity index (χ3n) is 5.13. The molecule has 0 aliphatic heterocycles. The van der Waals surface area contributed by atoms with Crippen molar-refractivity contribution < 1.29 is 31.1 Å². The molecule has 0 aliphatic rings. The predicted molar refractivity (Wildman–Crippen MR) is 120 cm³/mol. The second-order valence-corrected chi connectivity index (χ2v) is 8.68. The average Bonchev–Trinajstić information content (AvgIpc) is 2.76. The molecule has 2 aromatic rings. The van der Waals surface area contributed by atoms with Gasteiger partial charge in [0.25, 0.3) is 0 Å². The van der Waals surface area contributed by atoms with Gasteiger partial charge in [-0.1, -0.05) is 25.5 Å². The van der Waals surface area contributed by atoms with Crippen LogP contribution in [0.4, 0.5) is 18.9 Å². The van der Waals surface area contributed by atoms with E-state index in [-0.39, 0.29) is 24.9 Å². The number of anilines is 1. The van der Waals surface area contributed by atoms with Crippen molar-refractivity contribution in [3.05, 3.63) is 52.7 Å². The second kappa shape index (κ2) is 11.4. The molecule has 1 aromatic carbocycles. The lowest BCUT2D eigenvalue weighted by Gasteiger charge is -2.18. The summed E-state index contributed by atoms with van der Waals surface area (Å²) in [5.41, 5.74) is 1.15. The maximum absolute atomic E-state index is 13.0. The highest BCUT2D eigenvalue weighted by atomic mass is 32.2. The number of hydrogen-bond acceptors (Lipinski definition) is 5. The Labute approximate surface area is 193 Å². The van der Waals surface area contributed by atoms with Gasteiger partial charge in [-0.2, -0.15) is 13.2 Å². The van der Waals surface area contributed by atoms with Crippen molar-refractivity contribution in [2.45, 2.75) is 52.3 Å². The molecule has 0 spiro atoms. The highest BCUT2D eigenvalue weighted by Crippen LogP contribution is 2.30. The first kappa shape index (κ1) is 26.4. The van der Waals surface area contributed by atoms with Gasteiger partial charge in [0, 0.05) is 19.2 Å². The van der Waals surface area contributed by atoms with Crippen molar-refractivity contribution >= 4 is 22.5 Å². The van der Waals surface area contributed by atoms with Gasteiger partial charge < -0.3 is 10.1 Å². The smallest absolute Gasteiger partial charge is 0.433 e. The third-order valence-corrected chi connectivity index (χ3v) is 5.83. The molecule has 182 valence electrons. The summed E-state index contributed by atoms with van der Waals surface area (Å²) in [6.45, 7) is 5.53. The van der Waals surface area contributed by atoms with E-state index in [1.165, 1.54) is 13.1 Å². The van der Waals surface area contributed by atoms with Crippen molar-refractivity contribution in [2.75, 3.05) is 18.0 Å². The van der Waals surface area contributed by atoms with Crippen LogP contribution in [-0.4, -0.2) is 33.0 Å². The number of carbonyl (C=O) groups excluding carboxylic acids is 1. The van der Waals surface area contributed by atoms with Gasteiger partial charge in [-0.15, -0.1) is 0 Å². The van der Waals surface area contributed by atoms with Crippen LogP contribution in [0, 0.1) is 6.92 Å². The first-order chi connectivity index (χ1) is 15.5. The Morgan fingerprint density at radius 3 is 2.52 bits per heavy atom. The van der Waals surface area contributed by atoms with E-state index in [9.17, 15) is 26.4 Å². The molecule has 0 saturated carbocycles. The molecule has 1 aromatic heterocycles. The highest BCUT2D eigenvalue weighted by Gasteiger charge is 2.33. The lowest BCUT2D eigenvalue weighted by atomic mass is 9.97. The number of nitrogens with zero attached hydrogens (tertiary/aromatic N) is 2. The molecule has 0 fully saturated rings. The number of aryl methyl sites for hydroxylation is 1. The third kappa shape index (κ3) is 7.08. The molecular weight excluding hydrogens is 459 g/mol. The van der Waals surface area contributed by atoms with Crippen LogP contribution in [0.5, 0.6) is 5.88 Å². The van der Waals surface area contributed by atoms with Crippen molar-refractivity contribution in [1.82, 2.24) is 10.3 Å². The van der Waals surface area contributed by atoms with Crippen LogP contribution in [0.15, 0.2) is 30.3 Å². The number of halogens is 3. The molecule has 1 atom stereocenters. The minimum Gasteiger partial charge on any atom is -0.477 e. The first-order valence-electron chi connectivity index (χ1n) is 10.4. The summed E-state index contributed by atoms with van der Waals surface area (Å²) < 4.78 is 68.1. The maximum Gasteiger partial charge on any atom is 0.433 e. The number of thiol groups is 1. The van der Waals surface area contributed by atoms with Gasteiger partial charge in [-0.3, -0.25) is 9.10 Å². The van der Waals surface area contributed by atoms with E-state index in [4.69, 9.17) is 4.74 Å². The van der Waals surface area contributed by atoms with Crippen molar-refractivity contribution in [3.63, 3.8) is 0 Å². The molecule has 0 saturated heterocycles. The number of hydrogen-bond donors (Lipinski definition) is 2. The van der Waals surface area contributed by atoms with Crippen LogP contribution in [0.3, 0.4) is 0 Å². The van der Waals surface area contributed by atoms with Gasteiger partial charge in [0.05, 0.1) is 18.2 Å². The van der Waals surface area contributed by atoms with E-state index < -0.39 is 28.7 Å². The minimum atomic E-state index is -4.60. The maximum atomic E-state index is 13.0. The standard InChI is InChI=1S/C22H28F3N3O4S/c1-5-6-11-32-21-17(8-10-19(27-21)22(23,24)25)13-26-20(29)15(3)16-7-9-18(14(2)12-16)28(4)33(30)31/h7-10,12,15,33H,5-6,11,13H2,1-4H3,(H,26,29). The van der Waals surface area contributed by atoms with E-state index >= 15 is 0 Å². The Balaban J connectivity index is 2.15. The number of carbonyl (C=O) groups is 1. The van der Waals surface area contributed by atoms with Gasteiger partial charge in [-0.05, 0) is 49.6 Å². The molecule has 11 heteroatoms. The highest BCUT2D eigenvalue weighted by molar-refractivity contribution is 7.74. The topological polar surface area (TPSA) is 88.6 Å². The van der Waals surface area contributed by atoms with Gasteiger partial charge in [0.2, 0.25) is 22.7 Å². The number of rotatable bonds is 10. The first-order valence-corrected chi connectivity index (χ1v) is 11.5.